The molecule has 1 aliphatic heterocycles. The van der Waals surface area contributed by atoms with Gasteiger partial charge in [-0.3, -0.25) is 19.7 Å². The van der Waals surface area contributed by atoms with Crippen molar-refractivity contribution in [2.75, 3.05) is 7.05 Å². The molecule has 152 valence electrons. The van der Waals surface area contributed by atoms with Crippen LogP contribution in [0.4, 0.5) is 4.79 Å². The van der Waals surface area contributed by atoms with E-state index in [9.17, 15) is 14.4 Å². The fraction of sp³-hybridized carbons (Fsp3) is 0.182. The van der Waals surface area contributed by atoms with Crippen molar-refractivity contribution in [3.05, 3.63) is 77.2 Å². The zero-order chi connectivity index (χ0) is 21.1. The quantitative estimate of drug-likeness (QED) is 0.634. The molecule has 1 atom stereocenters. The van der Waals surface area contributed by atoms with Crippen LogP contribution in [0, 0.1) is 0 Å². The molecule has 1 fully saturated rings. The molecule has 7 nitrogen and oxygen atoms in total. The zero-order valence-electron chi connectivity index (χ0n) is 16.2. The third-order valence-corrected chi connectivity index (χ3v) is 5.78. The highest BCUT2D eigenvalue weighted by Crippen LogP contribution is 2.26. The number of aromatic nitrogens is 1. The Morgan fingerprint density at radius 3 is 2.60 bits per heavy atom. The summed E-state index contributed by atoms with van der Waals surface area (Å²) in [5, 5.41) is 8.13. The van der Waals surface area contributed by atoms with Crippen LogP contribution in [0.1, 0.15) is 27.4 Å². The summed E-state index contributed by atoms with van der Waals surface area (Å²) in [7, 11) is 1.54. The average Bonchev–Trinajstić information content (AvgIpc) is 3.34. The molecule has 0 spiro atoms. The lowest BCUT2D eigenvalue weighted by molar-refractivity contribution is -0.118. The molecule has 0 radical (unpaired) electrons. The Morgan fingerprint density at radius 1 is 1.10 bits per heavy atom. The normalized spacial score (nSPS) is 15.8. The number of amides is 3. The molecule has 2 aromatic carbocycles. The second kappa shape index (κ2) is 8.54. The Labute approximate surface area is 177 Å². The number of nitrogens with one attached hydrogen (secondary N) is 2. The first-order valence-corrected chi connectivity index (χ1v) is 10.3. The first-order valence-electron chi connectivity index (χ1n) is 9.39. The van der Waals surface area contributed by atoms with E-state index in [0.717, 1.165) is 34.0 Å². The van der Waals surface area contributed by atoms with E-state index in [1.807, 2.05) is 42.5 Å². The van der Waals surface area contributed by atoms with Gasteiger partial charge in [0.15, 0.2) is 0 Å². The summed E-state index contributed by atoms with van der Waals surface area (Å²) in [6.07, 6.45) is 1.07. The number of benzene rings is 2. The SMILES string of the molecule is CNC(=O)c1cc(Cc2cccc(-c3ccc(CC4SC(=O)NC4=O)cc3)c2)no1. The first kappa shape index (κ1) is 19.9. The summed E-state index contributed by atoms with van der Waals surface area (Å²) in [4.78, 5) is 34.6. The van der Waals surface area contributed by atoms with Crippen LogP contribution >= 0.6 is 11.8 Å². The molecule has 1 aromatic heterocycles. The van der Waals surface area contributed by atoms with Crippen molar-refractivity contribution in [2.45, 2.75) is 18.1 Å². The Bertz CT molecular complexity index is 1110. The largest absolute Gasteiger partial charge is 0.352 e. The van der Waals surface area contributed by atoms with E-state index in [-0.39, 0.29) is 28.1 Å². The van der Waals surface area contributed by atoms with Crippen LogP contribution in [0.15, 0.2) is 59.1 Å². The fourth-order valence-corrected chi connectivity index (χ4v) is 4.13. The van der Waals surface area contributed by atoms with Gasteiger partial charge in [-0.1, -0.05) is 65.4 Å². The van der Waals surface area contributed by atoms with Gasteiger partial charge in [-0.2, -0.15) is 0 Å². The number of imide groups is 1. The molecule has 30 heavy (non-hydrogen) atoms. The Balaban J connectivity index is 1.45. The molecule has 0 aliphatic carbocycles. The minimum Gasteiger partial charge on any atom is -0.352 e. The van der Waals surface area contributed by atoms with Crippen molar-refractivity contribution in [3.63, 3.8) is 0 Å². The molecule has 2 N–H and O–H groups in total. The number of rotatable bonds is 6. The number of thioether (sulfide) groups is 1. The summed E-state index contributed by atoms with van der Waals surface area (Å²) in [6.45, 7) is 0. The molecule has 1 saturated heterocycles. The highest BCUT2D eigenvalue weighted by atomic mass is 32.2. The third-order valence-electron chi connectivity index (χ3n) is 4.80. The maximum atomic E-state index is 11.7. The van der Waals surface area contributed by atoms with Gasteiger partial charge in [-0.05, 0) is 28.7 Å². The van der Waals surface area contributed by atoms with Crippen LogP contribution in [0.25, 0.3) is 11.1 Å². The second-order valence-electron chi connectivity index (χ2n) is 6.92. The highest BCUT2D eigenvalue weighted by molar-refractivity contribution is 8.15. The van der Waals surface area contributed by atoms with Crippen molar-refractivity contribution in [2.24, 2.45) is 0 Å². The molecule has 8 heteroatoms. The van der Waals surface area contributed by atoms with Crippen LogP contribution in [0.3, 0.4) is 0 Å². The molecule has 0 saturated carbocycles. The summed E-state index contributed by atoms with van der Waals surface area (Å²) >= 11 is 1.04. The lowest BCUT2D eigenvalue weighted by Gasteiger charge is -2.08. The average molecular weight is 421 g/mol. The van der Waals surface area contributed by atoms with Gasteiger partial charge in [0.1, 0.15) is 0 Å². The minimum absolute atomic E-state index is 0.190. The second-order valence-corrected chi connectivity index (χ2v) is 8.10. The van der Waals surface area contributed by atoms with E-state index >= 15 is 0 Å². The van der Waals surface area contributed by atoms with Crippen molar-refractivity contribution in [3.8, 4) is 11.1 Å². The number of carbonyl (C=O) groups excluding carboxylic acids is 3. The molecular formula is C22H19N3O4S. The number of nitrogens with zero attached hydrogens (tertiary/aromatic N) is 1. The van der Waals surface area contributed by atoms with E-state index in [1.165, 1.54) is 0 Å². The van der Waals surface area contributed by atoms with Crippen LogP contribution in [0.2, 0.25) is 0 Å². The summed E-state index contributed by atoms with van der Waals surface area (Å²) in [5.74, 6) is -0.343. The number of hydrogen-bond donors (Lipinski definition) is 2. The number of carbonyl (C=O) groups is 3. The van der Waals surface area contributed by atoms with Gasteiger partial charge in [-0.25, -0.2) is 0 Å². The van der Waals surface area contributed by atoms with E-state index in [1.54, 1.807) is 13.1 Å². The van der Waals surface area contributed by atoms with Gasteiger partial charge in [0.25, 0.3) is 11.1 Å². The highest BCUT2D eigenvalue weighted by Gasteiger charge is 2.31. The maximum Gasteiger partial charge on any atom is 0.289 e. The van der Waals surface area contributed by atoms with Crippen molar-refractivity contribution < 1.29 is 18.9 Å². The van der Waals surface area contributed by atoms with E-state index in [2.05, 4.69) is 21.9 Å². The van der Waals surface area contributed by atoms with E-state index in [0.29, 0.717) is 18.5 Å². The lowest BCUT2D eigenvalue weighted by Crippen LogP contribution is -2.25. The zero-order valence-corrected chi connectivity index (χ0v) is 17.0. The van der Waals surface area contributed by atoms with Gasteiger partial charge in [0.2, 0.25) is 11.7 Å². The van der Waals surface area contributed by atoms with E-state index < -0.39 is 0 Å². The molecule has 2 heterocycles. The van der Waals surface area contributed by atoms with Crippen LogP contribution in [-0.4, -0.2) is 34.5 Å². The van der Waals surface area contributed by atoms with Gasteiger partial charge in [0, 0.05) is 19.5 Å². The Morgan fingerprint density at radius 2 is 1.90 bits per heavy atom. The van der Waals surface area contributed by atoms with Crippen molar-refractivity contribution in [1.29, 1.82) is 0 Å². The monoisotopic (exact) mass is 421 g/mol. The fourth-order valence-electron chi connectivity index (χ4n) is 3.27. The van der Waals surface area contributed by atoms with Crippen LogP contribution in [-0.2, 0) is 17.6 Å². The van der Waals surface area contributed by atoms with Crippen LogP contribution < -0.4 is 10.6 Å². The third kappa shape index (κ3) is 4.44. The molecule has 4 rings (SSSR count). The summed E-state index contributed by atoms with van der Waals surface area (Å²) < 4.78 is 5.07. The summed E-state index contributed by atoms with van der Waals surface area (Å²) in [6, 6.07) is 17.7. The Hall–Kier alpha value is -3.39. The maximum absolute atomic E-state index is 11.7. The van der Waals surface area contributed by atoms with Crippen LogP contribution in [0.5, 0.6) is 0 Å². The van der Waals surface area contributed by atoms with Gasteiger partial charge >= 0.3 is 0 Å². The predicted molar refractivity (Wildman–Crippen MR) is 113 cm³/mol. The van der Waals surface area contributed by atoms with Gasteiger partial charge < -0.3 is 9.84 Å². The minimum atomic E-state index is -0.367. The Kier molecular flexibility index (Phi) is 5.67. The molecule has 1 aliphatic rings. The topological polar surface area (TPSA) is 101 Å². The van der Waals surface area contributed by atoms with E-state index in [4.69, 9.17) is 4.52 Å². The summed E-state index contributed by atoms with van der Waals surface area (Å²) in [5.41, 5.74) is 4.83. The molecule has 3 amide bonds. The van der Waals surface area contributed by atoms with Crippen molar-refractivity contribution in [1.82, 2.24) is 15.8 Å². The molecule has 0 bridgehead atoms. The first-order chi connectivity index (χ1) is 14.5. The molecular weight excluding hydrogens is 402 g/mol. The lowest BCUT2D eigenvalue weighted by atomic mass is 9.99. The number of hydrogen-bond acceptors (Lipinski definition) is 6. The van der Waals surface area contributed by atoms with Crippen molar-refractivity contribution >= 4 is 28.8 Å². The van der Waals surface area contributed by atoms with Gasteiger partial charge in [-0.15, -0.1) is 0 Å². The smallest absolute Gasteiger partial charge is 0.289 e. The predicted octanol–water partition coefficient (Wildman–Crippen LogP) is 3.19. The molecule has 1 unspecified atom stereocenters. The van der Waals surface area contributed by atoms with Gasteiger partial charge in [0.05, 0.1) is 10.9 Å². The standard InChI is InChI=1S/C22H19N3O4S/c1-23-20(26)18-12-17(25-29-18)10-14-3-2-4-16(9-14)15-7-5-13(6-8-15)11-19-21(27)24-22(28)30-19/h2-9,12,19H,10-11H2,1H3,(H,23,26)(H,24,27,28). The molecule has 3 aromatic rings.